The number of nitrogens with zero attached hydrogens (tertiary/aromatic N) is 3. The van der Waals surface area contributed by atoms with E-state index in [9.17, 15) is 43.2 Å². The highest BCUT2D eigenvalue weighted by molar-refractivity contribution is 7.92. The van der Waals surface area contributed by atoms with Crippen LogP contribution in [0.4, 0.5) is 26.3 Å². The maximum Gasteiger partial charge on any atom is 0.501 e. The summed E-state index contributed by atoms with van der Waals surface area (Å²) in [5, 5.41) is 3.99. The maximum atomic E-state index is 13.2. The minimum atomic E-state index is -5.68. The molecule has 0 saturated heterocycles. The molecule has 0 radical (unpaired) electrons. The lowest BCUT2D eigenvalue weighted by Crippen LogP contribution is -2.32. The van der Waals surface area contributed by atoms with Crippen molar-refractivity contribution < 1.29 is 47.6 Å². The first-order valence-electron chi connectivity index (χ1n) is 9.67. The molecule has 2 aromatic heterocycles. The van der Waals surface area contributed by atoms with Crippen LogP contribution in [0.1, 0.15) is 19.0 Å². The van der Waals surface area contributed by atoms with Gasteiger partial charge in [0.25, 0.3) is 9.84 Å². The van der Waals surface area contributed by atoms with Crippen molar-refractivity contribution in [1.29, 1.82) is 0 Å². The molecule has 4 rings (SSSR count). The summed E-state index contributed by atoms with van der Waals surface area (Å²) in [4.78, 5) is 2.42. The summed E-state index contributed by atoms with van der Waals surface area (Å²) in [6, 6.07) is 2.17. The van der Waals surface area contributed by atoms with Crippen LogP contribution in [0.15, 0.2) is 32.4 Å². The van der Waals surface area contributed by atoms with Crippen LogP contribution >= 0.6 is 0 Å². The van der Waals surface area contributed by atoms with Gasteiger partial charge in [-0.15, -0.1) is 0 Å². The molecule has 0 saturated carbocycles. The highest BCUT2D eigenvalue weighted by Crippen LogP contribution is 2.40. The second-order valence-electron chi connectivity index (χ2n) is 7.58. The first kappa shape index (κ1) is 24.5. The van der Waals surface area contributed by atoms with Crippen LogP contribution in [-0.2, 0) is 32.6 Å². The average molecular weight is 531 g/mol. The predicted molar refractivity (Wildman–Crippen MR) is 104 cm³/mol. The van der Waals surface area contributed by atoms with Gasteiger partial charge in [-0.05, 0) is 31.0 Å². The molecule has 0 N–H and O–H groups in total. The lowest BCUT2D eigenvalue weighted by molar-refractivity contribution is -0.182. The summed E-state index contributed by atoms with van der Waals surface area (Å²) in [5.41, 5.74) is -6.42. The van der Waals surface area contributed by atoms with Crippen LogP contribution < -0.4 is 0 Å². The molecule has 1 aromatic carbocycles. The number of oxazole rings is 1. The van der Waals surface area contributed by atoms with Crippen LogP contribution in [0.3, 0.4) is 0 Å². The molecule has 1 aliphatic heterocycles. The largest absolute Gasteiger partial charge is 0.501 e. The normalized spacial score (nSPS) is 17.8. The van der Waals surface area contributed by atoms with Gasteiger partial charge in [-0.1, -0.05) is 6.92 Å². The van der Waals surface area contributed by atoms with Crippen molar-refractivity contribution in [2.75, 3.05) is 5.75 Å². The molecule has 1 atom stereocenters. The first-order valence-corrected chi connectivity index (χ1v) is 12.8. The Morgan fingerprint density at radius 3 is 2.38 bits per heavy atom. The van der Waals surface area contributed by atoms with E-state index >= 15 is 0 Å². The number of halogens is 6. The Hall–Kier alpha value is -2.62. The van der Waals surface area contributed by atoms with E-state index in [0.29, 0.717) is 12.1 Å². The molecular weight excluding hydrogens is 516 g/mol. The molecule has 0 fully saturated rings. The molecule has 34 heavy (non-hydrogen) atoms. The van der Waals surface area contributed by atoms with Crippen LogP contribution in [0, 0.1) is 5.92 Å². The Morgan fingerprint density at radius 2 is 1.79 bits per heavy atom. The third-order valence-corrected chi connectivity index (χ3v) is 8.76. The fourth-order valence-electron chi connectivity index (χ4n) is 3.67. The van der Waals surface area contributed by atoms with Gasteiger partial charge in [-0.25, -0.2) is 21.8 Å². The third-order valence-electron chi connectivity index (χ3n) is 5.46. The quantitative estimate of drug-likeness (QED) is 0.470. The first-order chi connectivity index (χ1) is 15.6. The molecule has 1 unspecified atom stereocenters. The SMILES string of the molecule is CCS(=O)(=O)c1c(-c2nc3cc(S(=O)(=O)C(F)(F)F)ccc3o2)nn2c1CCC(C(F)(F)F)C2. The number of benzene rings is 1. The van der Waals surface area contributed by atoms with E-state index in [4.69, 9.17) is 4.42 Å². The molecule has 186 valence electrons. The van der Waals surface area contributed by atoms with Gasteiger partial charge in [0.05, 0.1) is 28.8 Å². The molecule has 0 bridgehead atoms. The molecule has 0 amide bonds. The number of hydrogen-bond donors (Lipinski definition) is 0. The maximum absolute atomic E-state index is 13.2. The summed E-state index contributed by atoms with van der Waals surface area (Å²) in [5.74, 6) is -2.63. The van der Waals surface area contributed by atoms with Gasteiger partial charge in [-0.3, -0.25) is 4.68 Å². The minimum absolute atomic E-state index is 0.0416. The fourth-order valence-corrected chi connectivity index (χ4v) is 5.73. The van der Waals surface area contributed by atoms with Gasteiger partial charge >= 0.3 is 11.7 Å². The molecule has 0 aliphatic carbocycles. The van der Waals surface area contributed by atoms with Crippen molar-refractivity contribution in [3.05, 3.63) is 23.9 Å². The highest BCUT2D eigenvalue weighted by atomic mass is 32.2. The van der Waals surface area contributed by atoms with Crippen molar-refractivity contribution in [3.8, 4) is 11.6 Å². The van der Waals surface area contributed by atoms with E-state index < -0.39 is 66.1 Å². The van der Waals surface area contributed by atoms with Crippen LogP contribution in [0.2, 0.25) is 0 Å². The monoisotopic (exact) mass is 531 g/mol. The Balaban J connectivity index is 1.88. The van der Waals surface area contributed by atoms with Gasteiger partial charge in [0.2, 0.25) is 5.89 Å². The lowest BCUT2D eigenvalue weighted by Gasteiger charge is -2.25. The Kier molecular flexibility index (Phi) is 5.54. The third kappa shape index (κ3) is 3.95. The van der Waals surface area contributed by atoms with E-state index in [1.807, 2.05) is 0 Å². The molecular formula is C18H15F6N3O5S2. The molecule has 16 heteroatoms. The molecule has 1 aliphatic rings. The summed E-state index contributed by atoms with van der Waals surface area (Å²) in [6.07, 6.45) is -5.11. The zero-order chi connectivity index (χ0) is 25.3. The van der Waals surface area contributed by atoms with E-state index in [1.165, 1.54) is 6.92 Å². The molecule has 3 heterocycles. The molecule has 3 aromatic rings. The second kappa shape index (κ2) is 7.69. The summed E-state index contributed by atoms with van der Waals surface area (Å²) in [6.45, 7) is 0.699. The number of hydrogen-bond acceptors (Lipinski definition) is 7. The summed E-state index contributed by atoms with van der Waals surface area (Å²) >= 11 is 0. The lowest BCUT2D eigenvalue weighted by atomic mass is 9.98. The van der Waals surface area contributed by atoms with E-state index in [-0.39, 0.29) is 34.5 Å². The van der Waals surface area contributed by atoms with Gasteiger partial charge in [0.15, 0.2) is 21.1 Å². The van der Waals surface area contributed by atoms with Gasteiger partial charge < -0.3 is 4.42 Å². The van der Waals surface area contributed by atoms with Crippen molar-refractivity contribution in [2.24, 2.45) is 5.92 Å². The van der Waals surface area contributed by atoms with Crippen molar-refractivity contribution in [3.63, 3.8) is 0 Å². The standard InChI is InChI=1S/C18H15F6N3O5S2/c1-2-33(28,29)15-12-5-3-9(17(19,20)21)8-27(12)26-14(15)16-25-11-7-10(4-6-13(11)32-16)34(30,31)18(22,23)24/h4,6-7,9H,2-3,5,8H2,1H3. The zero-order valence-corrected chi connectivity index (χ0v) is 18.7. The van der Waals surface area contributed by atoms with Gasteiger partial charge in [-0.2, -0.15) is 31.4 Å². The predicted octanol–water partition coefficient (Wildman–Crippen LogP) is 3.90. The number of fused-ring (bicyclic) bond motifs is 2. The Labute approximate surface area is 188 Å². The van der Waals surface area contributed by atoms with Gasteiger partial charge in [0, 0.05) is 0 Å². The van der Waals surface area contributed by atoms with Crippen molar-refractivity contribution >= 4 is 30.8 Å². The van der Waals surface area contributed by atoms with Crippen LogP contribution in [-0.4, -0.2) is 49.0 Å². The number of aromatic nitrogens is 3. The van der Waals surface area contributed by atoms with Crippen LogP contribution in [0.25, 0.3) is 22.7 Å². The average Bonchev–Trinajstić information content (AvgIpc) is 3.32. The highest BCUT2D eigenvalue weighted by Gasteiger charge is 2.47. The number of alkyl halides is 6. The Bertz CT molecular complexity index is 1490. The number of rotatable bonds is 4. The molecule has 0 spiro atoms. The fraction of sp³-hybridized carbons (Fsp3) is 0.444. The van der Waals surface area contributed by atoms with Gasteiger partial charge in [0.1, 0.15) is 10.4 Å². The minimum Gasteiger partial charge on any atom is -0.435 e. The summed E-state index contributed by atoms with van der Waals surface area (Å²) < 4.78 is 133. The van der Waals surface area contributed by atoms with Crippen LogP contribution in [0.5, 0.6) is 0 Å². The number of sulfone groups is 2. The smallest absolute Gasteiger partial charge is 0.435 e. The van der Waals surface area contributed by atoms with E-state index in [1.54, 1.807) is 0 Å². The summed E-state index contributed by atoms with van der Waals surface area (Å²) in [7, 11) is -9.71. The second-order valence-corrected chi connectivity index (χ2v) is 11.7. The van der Waals surface area contributed by atoms with E-state index in [2.05, 4.69) is 10.1 Å². The van der Waals surface area contributed by atoms with Crippen molar-refractivity contribution in [2.45, 2.75) is 47.8 Å². The Morgan fingerprint density at radius 1 is 1.12 bits per heavy atom. The van der Waals surface area contributed by atoms with E-state index in [0.717, 1.165) is 10.7 Å². The topological polar surface area (TPSA) is 112 Å². The van der Waals surface area contributed by atoms with Crippen molar-refractivity contribution in [1.82, 2.24) is 14.8 Å². The zero-order valence-electron chi connectivity index (χ0n) is 17.1. The molecule has 8 nitrogen and oxygen atoms in total.